The summed E-state index contributed by atoms with van der Waals surface area (Å²) in [5, 5.41) is 3.44. The normalized spacial score (nSPS) is 21.7. The van der Waals surface area contributed by atoms with Crippen LogP contribution in [0.2, 0.25) is 0 Å². The highest BCUT2D eigenvalue weighted by Crippen LogP contribution is 2.37. The lowest BCUT2D eigenvalue weighted by atomic mass is 10.0. The predicted molar refractivity (Wildman–Crippen MR) is 133 cm³/mol. The average molecular weight is 531 g/mol. The summed E-state index contributed by atoms with van der Waals surface area (Å²) in [4.78, 5) is 25.7. The number of hydrogen-bond acceptors (Lipinski definition) is 7. The maximum atomic E-state index is 15.6. The first-order valence-electron chi connectivity index (χ1n) is 12.6. The number of hydrogen-bond donors (Lipinski definition) is 1. The molecule has 0 spiro atoms. The Morgan fingerprint density at radius 1 is 1.00 bits per heavy atom. The van der Waals surface area contributed by atoms with E-state index in [-0.39, 0.29) is 11.6 Å². The molecule has 6 rings (SSSR count). The second-order valence-electron chi connectivity index (χ2n) is 9.83. The highest BCUT2D eigenvalue weighted by atomic mass is 19.4. The van der Waals surface area contributed by atoms with Gasteiger partial charge in [0.25, 0.3) is 5.56 Å². The quantitative estimate of drug-likeness (QED) is 0.520. The van der Waals surface area contributed by atoms with Crippen molar-refractivity contribution in [2.75, 3.05) is 55.7 Å². The Morgan fingerprint density at radius 3 is 2.45 bits per heavy atom. The fraction of sp³-hybridized carbons (Fsp3) is 0.423. The Kier molecular flexibility index (Phi) is 6.31. The zero-order valence-corrected chi connectivity index (χ0v) is 20.4. The molecule has 1 aromatic carbocycles. The molecule has 0 amide bonds. The van der Waals surface area contributed by atoms with Crippen molar-refractivity contribution in [2.24, 2.45) is 5.92 Å². The largest absolute Gasteiger partial charge is 0.416 e. The van der Waals surface area contributed by atoms with Gasteiger partial charge in [-0.1, -0.05) is 0 Å². The van der Waals surface area contributed by atoms with Gasteiger partial charge in [0.15, 0.2) is 0 Å². The van der Waals surface area contributed by atoms with E-state index in [1.807, 2.05) is 9.80 Å². The molecule has 2 unspecified atom stereocenters. The molecule has 3 aliphatic rings. The van der Waals surface area contributed by atoms with Crippen molar-refractivity contribution in [1.82, 2.24) is 19.9 Å². The smallest absolute Gasteiger partial charge is 0.378 e. The molecular formula is C26H26F4N6O2. The van der Waals surface area contributed by atoms with Crippen LogP contribution in [0, 0.1) is 11.7 Å². The first-order valence-corrected chi connectivity index (χ1v) is 12.6. The van der Waals surface area contributed by atoms with Crippen LogP contribution >= 0.6 is 0 Å². The third-order valence-corrected chi connectivity index (χ3v) is 7.52. The van der Waals surface area contributed by atoms with Crippen molar-refractivity contribution in [3.63, 3.8) is 0 Å². The summed E-state index contributed by atoms with van der Waals surface area (Å²) in [7, 11) is 0. The van der Waals surface area contributed by atoms with Crippen LogP contribution in [0.25, 0.3) is 16.8 Å². The molecule has 8 nitrogen and oxygen atoms in total. The second kappa shape index (κ2) is 9.66. The van der Waals surface area contributed by atoms with E-state index in [0.717, 1.165) is 29.8 Å². The summed E-state index contributed by atoms with van der Waals surface area (Å²) >= 11 is 0. The molecule has 0 saturated carbocycles. The molecule has 0 bridgehead atoms. The van der Waals surface area contributed by atoms with E-state index < -0.39 is 23.1 Å². The minimum absolute atomic E-state index is 0.154. The van der Waals surface area contributed by atoms with Gasteiger partial charge in [-0.3, -0.25) is 9.36 Å². The van der Waals surface area contributed by atoms with Gasteiger partial charge in [-0.15, -0.1) is 0 Å². The van der Waals surface area contributed by atoms with Gasteiger partial charge in [0.05, 0.1) is 30.2 Å². The van der Waals surface area contributed by atoms with Crippen LogP contribution in [0.5, 0.6) is 0 Å². The Bertz CT molecular complexity index is 1380. The molecule has 3 aromatic rings. The summed E-state index contributed by atoms with van der Waals surface area (Å²) < 4.78 is 61.8. The molecule has 1 N–H and O–H groups in total. The number of benzene rings is 1. The van der Waals surface area contributed by atoms with E-state index >= 15 is 4.39 Å². The van der Waals surface area contributed by atoms with Gasteiger partial charge in [0.1, 0.15) is 5.82 Å². The minimum Gasteiger partial charge on any atom is -0.378 e. The van der Waals surface area contributed by atoms with Crippen LogP contribution in [0.3, 0.4) is 0 Å². The molecule has 3 aliphatic heterocycles. The highest BCUT2D eigenvalue weighted by molar-refractivity contribution is 5.74. The van der Waals surface area contributed by atoms with E-state index in [1.54, 1.807) is 0 Å². The van der Waals surface area contributed by atoms with Crippen LogP contribution in [0.1, 0.15) is 12.0 Å². The Hall–Kier alpha value is -3.51. The summed E-state index contributed by atoms with van der Waals surface area (Å²) in [5.74, 6) is 0.358. The van der Waals surface area contributed by atoms with Crippen molar-refractivity contribution in [3.05, 3.63) is 64.6 Å². The molecule has 2 atom stereocenters. The Morgan fingerprint density at radius 2 is 1.76 bits per heavy atom. The first-order chi connectivity index (χ1) is 18.3. The summed E-state index contributed by atoms with van der Waals surface area (Å²) in [6.07, 6.45) is 0.467. The van der Waals surface area contributed by atoms with E-state index in [1.165, 1.54) is 24.5 Å². The lowest BCUT2D eigenvalue weighted by Gasteiger charge is -2.26. The van der Waals surface area contributed by atoms with E-state index in [4.69, 9.17) is 4.74 Å². The van der Waals surface area contributed by atoms with Crippen LogP contribution in [0.15, 0.2) is 47.7 Å². The van der Waals surface area contributed by atoms with E-state index in [0.29, 0.717) is 74.3 Å². The molecular weight excluding hydrogens is 504 g/mol. The molecule has 0 aliphatic carbocycles. The number of nitrogens with zero attached hydrogens (tertiary/aromatic N) is 5. The van der Waals surface area contributed by atoms with Crippen LogP contribution in [0.4, 0.5) is 29.2 Å². The predicted octanol–water partition coefficient (Wildman–Crippen LogP) is 3.09. The van der Waals surface area contributed by atoms with Crippen LogP contribution in [-0.4, -0.2) is 66.5 Å². The van der Waals surface area contributed by atoms with Gasteiger partial charge in [-0.2, -0.15) is 13.2 Å². The minimum atomic E-state index is -4.65. The van der Waals surface area contributed by atoms with Crippen molar-refractivity contribution in [1.29, 1.82) is 0 Å². The average Bonchev–Trinajstić information content (AvgIpc) is 3.52. The lowest BCUT2D eigenvalue weighted by Crippen LogP contribution is -2.37. The number of halogens is 4. The molecule has 0 radical (unpaired) electrons. The SMILES string of the molecule is O=c1cc(C(F)(F)F)ccn1-c1cc(-c2cnc(N3CCOCC3)nc2)c(F)cc1N1CC2CCNC2C1. The molecule has 3 fully saturated rings. The molecule has 12 heteroatoms. The fourth-order valence-corrected chi connectivity index (χ4v) is 5.51. The number of alkyl halides is 3. The number of morpholine rings is 1. The first kappa shape index (κ1) is 24.8. The second-order valence-corrected chi connectivity index (χ2v) is 9.83. The van der Waals surface area contributed by atoms with E-state index in [2.05, 4.69) is 15.3 Å². The number of rotatable bonds is 4. The van der Waals surface area contributed by atoms with Crippen molar-refractivity contribution < 1.29 is 22.3 Å². The van der Waals surface area contributed by atoms with Crippen molar-refractivity contribution >= 4 is 11.6 Å². The maximum absolute atomic E-state index is 15.6. The maximum Gasteiger partial charge on any atom is 0.416 e. The van der Waals surface area contributed by atoms with Gasteiger partial charge in [-0.25, -0.2) is 14.4 Å². The molecule has 3 saturated heterocycles. The Balaban J connectivity index is 1.42. The van der Waals surface area contributed by atoms with Crippen LogP contribution < -0.4 is 20.7 Å². The van der Waals surface area contributed by atoms with Gasteiger partial charge >= 0.3 is 6.18 Å². The summed E-state index contributed by atoms with van der Waals surface area (Å²) in [5.41, 5.74) is -0.578. The van der Waals surface area contributed by atoms with Gasteiger partial charge in [-0.05, 0) is 37.1 Å². The summed E-state index contributed by atoms with van der Waals surface area (Å²) in [6, 6.07) is 4.51. The van der Waals surface area contributed by atoms with Gasteiger partial charge < -0.3 is 19.9 Å². The molecule has 2 aromatic heterocycles. The monoisotopic (exact) mass is 530 g/mol. The third kappa shape index (κ3) is 4.62. The molecule has 200 valence electrons. The zero-order chi connectivity index (χ0) is 26.4. The number of pyridine rings is 1. The zero-order valence-electron chi connectivity index (χ0n) is 20.4. The highest BCUT2D eigenvalue weighted by Gasteiger charge is 2.37. The standard InChI is InChI=1S/C26H26F4N6O2/c27-20-11-22(35-14-16-1-3-31-21(16)15-35)23(36-4-2-18(9-24(36)37)26(28,29)30)10-19(20)17-12-32-25(33-13-17)34-5-7-38-8-6-34/h2,4,9-13,16,21,31H,1,3,5-8,14-15H2. The number of nitrogens with one attached hydrogen (secondary N) is 1. The summed E-state index contributed by atoms with van der Waals surface area (Å²) in [6.45, 7) is 4.63. The number of aromatic nitrogens is 3. The molecule has 5 heterocycles. The topological polar surface area (TPSA) is 75.5 Å². The van der Waals surface area contributed by atoms with E-state index in [9.17, 15) is 18.0 Å². The number of ether oxygens (including phenoxy) is 1. The number of fused-ring (bicyclic) bond motifs is 1. The lowest BCUT2D eigenvalue weighted by molar-refractivity contribution is -0.137. The fourth-order valence-electron chi connectivity index (χ4n) is 5.51. The molecule has 38 heavy (non-hydrogen) atoms. The van der Waals surface area contributed by atoms with Gasteiger partial charge in [0, 0.05) is 68.0 Å². The Labute approximate surface area is 215 Å². The van der Waals surface area contributed by atoms with Crippen molar-refractivity contribution in [3.8, 4) is 16.8 Å². The van der Waals surface area contributed by atoms with Crippen LogP contribution in [-0.2, 0) is 10.9 Å². The van der Waals surface area contributed by atoms with Gasteiger partial charge in [0.2, 0.25) is 5.95 Å². The third-order valence-electron chi connectivity index (χ3n) is 7.52. The number of anilines is 2. The van der Waals surface area contributed by atoms with Crippen molar-refractivity contribution in [2.45, 2.75) is 18.6 Å².